The Bertz CT molecular complexity index is 149. The van der Waals surface area contributed by atoms with Crippen LogP contribution in [0.1, 0.15) is 41.5 Å². The highest BCUT2D eigenvalue weighted by atomic mass is 35.5. The second kappa shape index (κ2) is 17.6. The molecule has 0 atom stereocenters. The van der Waals surface area contributed by atoms with Crippen LogP contribution < -0.4 is 0 Å². The molecular formula is C12H23Cl. The van der Waals surface area contributed by atoms with E-state index in [1.165, 1.54) is 5.57 Å². The Kier molecular flexibility index (Phi) is 24.7. The molecule has 13 heavy (non-hydrogen) atoms. The molecule has 0 heterocycles. The first kappa shape index (κ1) is 18.3. The molecule has 0 aliphatic carbocycles. The third kappa shape index (κ3) is 24.6. The summed E-state index contributed by atoms with van der Waals surface area (Å²) in [7, 11) is 0. The summed E-state index contributed by atoms with van der Waals surface area (Å²) in [5, 5.41) is 0.677. The lowest BCUT2D eigenvalue weighted by molar-refractivity contribution is 1.39. The Balaban J connectivity index is -0.000000218. The first-order valence-electron chi connectivity index (χ1n) is 4.80. The Morgan fingerprint density at radius 3 is 1.62 bits per heavy atom. The average molecular weight is 203 g/mol. The van der Waals surface area contributed by atoms with Gasteiger partial charge in [0.25, 0.3) is 0 Å². The van der Waals surface area contributed by atoms with Crippen LogP contribution in [0.25, 0.3) is 0 Å². The zero-order valence-corrected chi connectivity index (χ0v) is 10.6. The predicted molar refractivity (Wildman–Crippen MR) is 66.3 cm³/mol. The van der Waals surface area contributed by atoms with Crippen molar-refractivity contribution in [1.29, 1.82) is 0 Å². The van der Waals surface area contributed by atoms with Gasteiger partial charge in [-0.1, -0.05) is 63.6 Å². The minimum absolute atomic E-state index is 0.677. The summed E-state index contributed by atoms with van der Waals surface area (Å²) in [6.07, 6.45) is 5.38. The lowest BCUT2D eigenvalue weighted by Gasteiger charge is -1.83. The molecule has 0 saturated carbocycles. The van der Waals surface area contributed by atoms with E-state index in [-0.39, 0.29) is 0 Å². The first-order valence-corrected chi connectivity index (χ1v) is 5.17. The molecule has 0 radical (unpaired) electrons. The van der Waals surface area contributed by atoms with Gasteiger partial charge in [0.05, 0.1) is 0 Å². The molecule has 0 nitrogen and oxygen atoms in total. The fourth-order valence-corrected chi connectivity index (χ4v) is 0.377. The third-order valence-corrected chi connectivity index (χ3v) is 1.05. The minimum Gasteiger partial charge on any atom is -0.0976 e. The van der Waals surface area contributed by atoms with E-state index in [9.17, 15) is 0 Å². The van der Waals surface area contributed by atoms with Crippen molar-refractivity contribution in [1.82, 2.24) is 0 Å². The van der Waals surface area contributed by atoms with Crippen LogP contribution in [0.15, 0.2) is 35.4 Å². The van der Waals surface area contributed by atoms with Crippen molar-refractivity contribution in [3.05, 3.63) is 35.4 Å². The summed E-state index contributed by atoms with van der Waals surface area (Å²) >= 11 is 5.61. The van der Waals surface area contributed by atoms with Crippen LogP contribution in [0.2, 0.25) is 0 Å². The van der Waals surface area contributed by atoms with Crippen LogP contribution in [0, 0.1) is 0 Å². The van der Waals surface area contributed by atoms with Crippen molar-refractivity contribution in [2.45, 2.75) is 41.5 Å². The summed E-state index contributed by atoms with van der Waals surface area (Å²) in [6, 6.07) is 0. The fraction of sp³-hybridized carbons (Fsp3) is 0.500. The molecule has 1 heteroatoms. The average Bonchev–Trinajstić information content (AvgIpc) is 2.20. The lowest BCUT2D eigenvalue weighted by atomic mass is 10.3. The fourth-order valence-electron chi connectivity index (χ4n) is 0.314. The molecule has 0 aliphatic rings. The second-order valence-corrected chi connectivity index (χ2v) is 2.44. The van der Waals surface area contributed by atoms with Gasteiger partial charge in [0, 0.05) is 5.03 Å². The Labute approximate surface area is 89.0 Å². The molecule has 0 unspecified atom stereocenters. The van der Waals surface area contributed by atoms with E-state index in [0.717, 1.165) is 0 Å². The van der Waals surface area contributed by atoms with E-state index >= 15 is 0 Å². The third-order valence-electron chi connectivity index (χ3n) is 0.771. The second-order valence-electron chi connectivity index (χ2n) is 2.00. The molecule has 0 amide bonds. The molecular weight excluding hydrogens is 180 g/mol. The van der Waals surface area contributed by atoms with Crippen LogP contribution >= 0.6 is 11.6 Å². The Morgan fingerprint density at radius 2 is 1.38 bits per heavy atom. The molecule has 0 fully saturated rings. The van der Waals surface area contributed by atoms with Gasteiger partial charge in [-0.3, -0.25) is 0 Å². The van der Waals surface area contributed by atoms with Gasteiger partial charge in [-0.25, -0.2) is 0 Å². The van der Waals surface area contributed by atoms with Gasteiger partial charge in [0.1, 0.15) is 0 Å². The summed E-state index contributed by atoms with van der Waals surface area (Å²) in [6.45, 7) is 15.5. The number of hydrogen-bond donors (Lipinski definition) is 0. The van der Waals surface area contributed by atoms with Crippen molar-refractivity contribution < 1.29 is 0 Å². The van der Waals surface area contributed by atoms with E-state index in [1.54, 1.807) is 6.08 Å². The number of allylic oxidation sites excluding steroid dienone is 5. The normalized spacial score (nSPS) is 8.38. The molecule has 0 aromatic rings. The Morgan fingerprint density at radius 1 is 1.00 bits per heavy atom. The largest absolute Gasteiger partial charge is 0.0976 e. The summed E-state index contributed by atoms with van der Waals surface area (Å²) in [5.74, 6) is 0. The van der Waals surface area contributed by atoms with Gasteiger partial charge in [-0.05, 0) is 19.9 Å². The maximum absolute atomic E-state index is 5.61. The van der Waals surface area contributed by atoms with Crippen molar-refractivity contribution >= 4 is 11.6 Å². The predicted octanol–water partition coefficient (Wildman–Crippen LogP) is 5.31. The molecule has 0 aromatic carbocycles. The topological polar surface area (TPSA) is 0 Å². The quantitative estimate of drug-likeness (QED) is 0.532. The zero-order chi connectivity index (χ0) is 11.3. The molecule has 0 aliphatic heterocycles. The highest BCUT2D eigenvalue weighted by molar-refractivity contribution is 6.31. The number of halogens is 1. The van der Waals surface area contributed by atoms with Gasteiger partial charge >= 0.3 is 0 Å². The SMILES string of the molecule is C=C/C(Cl)=C\C=C(C)C.CC.CC. The van der Waals surface area contributed by atoms with Crippen LogP contribution in [0.5, 0.6) is 0 Å². The van der Waals surface area contributed by atoms with Gasteiger partial charge < -0.3 is 0 Å². The number of rotatable bonds is 2. The molecule has 0 N–H and O–H groups in total. The molecule has 0 rings (SSSR count). The standard InChI is InChI=1S/C8H11Cl.2C2H6/c1-4-8(9)6-5-7(2)3;2*1-2/h4-6H,1H2,2-3H3;2*1-2H3/b8-6+;;. The van der Waals surface area contributed by atoms with E-state index in [2.05, 4.69) is 6.58 Å². The number of hydrogen-bond acceptors (Lipinski definition) is 0. The molecule has 0 aromatic heterocycles. The zero-order valence-electron chi connectivity index (χ0n) is 9.82. The van der Waals surface area contributed by atoms with Crippen molar-refractivity contribution in [3.63, 3.8) is 0 Å². The van der Waals surface area contributed by atoms with E-state index < -0.39 is 0 Å². The highest BCUT2D eigenvalue weighted by Crippen LogP contribution is 2.02. The van der Waals surface area contributed by atoms with E-state index in [1.807, 2.05) is 53.7 Å². The van der Waals surface area contributed by atoms with Crippen LogP contribution in [0.3, 0.4) is 0 Å². The van der Waals surface area contributed by atoms with Crippen molar-refractivity contribution in [3.8, 4) is 0 Å². The molecule has 0 bridgehead atoms. The van der Waals surface area contributed by atoms with E-state index in [4.69, 9.17) is 11.6 Å². The van der Waals surface area contributed by atoms with Crippen LogP contribution in [-0.2, 0) is 0 Å². The van der Waals surface area contributed by atoms with Crippen molar-refractivity contribution in [2.24, 2.45) is 0 Å². The maximum atomic E-state index is 5.61. The van der Waals surface area contributed by atoms with E-state index in [0.29, 0.717) is 5.03 Å². The van der Waals surface area contributed by atoms with Gasteiger partial charge in [0.15, 0.2) is 0 Å². The van der Waals surface area contributed by atoms with Crippen LogP contribution in [-0.4, -0.2) is 0 Å². The molecule has 0 saturated heterocycles. The van der Waals surface area contributed by atoms with Gasteiger partial charge in [-0.15, -0.1) is 0 Å². The molecule has 78 valence electrons. The minimum atomic E-state index is 0.677. The monoisotopic (exact) mass is 202 g/mol. The first-order chi connectivity index (χ1) is 6.16. The van der Waals surface area contributed by atoms with Gasteiger partial charge in [0.2, 0.25) is 0 Å². The summed E-state index contributed by atoms with van der Waals surface area (Å²) in [5.41, 5.74) is 1.23. The maximum Gasteiger partial charge on any atom is 0.0400 e. The highest BCUT2D eigenvalue weighted by Gasteiger charge is 1.77. The summed E-state index contributed by atoms with van der Waals surface area (Å²) in [4.78, 5) is 0. The summed E-state index contributed by atoms with van der Waals surface area (Å²) < 4.78 is 0. The molecule has 0 spiro atoms. The Hall–Kier alpha value is -0.490. The lowest BCUT2D eigenvalue weighted by Crippen LogP contribution is -1.61. The smallest absolute Gasteiger partial charge is 0.0400 e. The van der Waals surface area contributed by atoms with Crippen LogP contribution in [0.4, 0.5) is 0 Å². The van der Waals surface area contributed by atoms with Crippen molar-refractivity contribution in [2.75, 3.05) is 0 Å². The van der Waals surface area contributed by atoms with Gasteiger partial charge in [-0.2, -0.15) is 0 Å².